The SMILES string of the molecule is Cc1c(O[C@H]2CC[C@H](CCCN3CCN(c4ccc5c(C6CCC(=O)NC6=O)nn(C)c5c4)CC3)CC2)cccc1-c1ccc(N2CCc3cccc(C(=O)Nc4nc5ccccc5s4)c3C2)nc1C(=O)O. The predicted molar refractivity (Wildman–Crippen MR) is 280 cm³/mol. The summed E-state index contributed by atoms with van der Waals surface area (Å²) in [5, 5.41) is 22.3. The summed E-state index contributed by atoms with van der Waals surface area (Å²) in [5.74, 6) is -0.212. The molecule has 4 aromatic carbocycles. The van der Waals surface area contributed by atoms with Gasteiger partial charge in [-0.25, -0.2) is 14.8 Å². The van der Waals surface area contributed by atoms with E-state index >= 15 is 0 Å². The lowest BCUT2D eigenvalue weighted by Crippen LogP contribution is -2.46. The summed E-state index contributed by atoms with van der Waals surface area (Å²) in [6.07, 6.45) is 8.23. The van der Waals surface area contributed by atoms with Crippen molar-refractivity contribution in [1.29, 1.82) is 0 Å². The van der Waals surface area contributed by atoms with Crippen molar-refractivity contribution in [1.82, 2.24) is 30.0 Å². The molecule has 370 valence electrons. The van der Waals surface area contributed by atoms with Gasteiger partial charge in [-0.3, -0.25) is 34.6 Å². The topological polar surface area (TPSA) is 175 Å². The Labute approximate surface area is 422 Å². The number of benzene rings is 4. The standard InChI is InChI=1S/C56H59N9O6S/c1-34-39(40-21-23-49(58-52(40)55(69)70)65-27-25-36-9-5-11-41(44(36)33-65)53(67)60-56-57-45-12-3-4-14-48(45)72-56)10-6-13-47(34)71-38-18-15-35(16-19-38)8-7-26-63-28-30-64(31-29-63)37-17-20-42-46(32-37)62(2)61-51(42)43-22-24-50(66)59-54(43)68/h3-6,9-14,17,20-21,23,32,35,38,43H,7-8,15-16,18-19,22,24-31,33H2,1-2H3,(H,69,70)(H,57,60,67)(H,59,66,68)/t35-,38-,43?. The van der Waals surface area contributed by atoms with Gasteiger partial charge < -0.3 is 19.6 Å². The molecule has 1 aliphatic carbocycles. The number of para-hydroxylation sites is 1. The zero-order valence-corrected chi connectivity index (χ0v) is 41.5. The van der Waals surface area contributed by atoms with Gasteiger partial charge in [0.05, 0.1) is 33.4 Å². The molecule has 16 heteroatoms. The largest absolute Gasteiger partial charge is 0.490 e. The van der Waals surface area contributed by atoms with Crippen LogP contribution in [0.2, 0.25) is 0 Å². The van der Waals surface area contributed by atoms with Crippen molar-refractivity contribution >= 4 is 72.8 Å². The summed E-state index contributed by atoms with van der Waals surface area (Å²) >= 11 is 1.44. The zero-order chi connectivity index (χ0) is 49.5. The van der Waals surface area contributed by atoms with Gasteiger partial charge in [0.25, 0.3) is 5.91 Å². The summed E-state index contributed by atoms with van der Waals surface area (Å²) < 4.78 is 9.54. The molecular formula is C56H59N9O6S. The lowest BCUT2D eigenvalue weighted by molar-refractivity contribution is -0.134. The molecule has 3 fully saturated rings. The number of hydrogen-bond acceptors (Lipinski definition) is 12. The van der Waals surface area contributed by atoms with Gasteiger partial charge in [0.15, 0.2) is 10.8 Å². The number of carbonyl (C=O) groups excluding carboxylic acids is 3. The number of aromatic carboxylic acids is 1. The minimum absolute atomic E-state index is 0.0195. The molecule has 11 rings (SSSR count). The van der Waals surface area contributed by atoms with Crippen LogP contribution in [0.3, 0.4) is 0 Å². The first-order valence-corrected chi connectivity index (χ1v) is 26.2. The fourth-order valence-electron chi connectivity index (χ4n) is 11.4. The molecule has 15 nitrogen and oxygen atoms in total. The van der Waals surface area contributed by atoms with Crippen LogP contribution in [0.15, 0.2) is 91.0 Å². The van der Waals surface area contributed by atoms with Gasteiger partial charge in [0.2, 0.25) is 11.8 Å². The molecule has 2 saturated heterocycles. The number of imide groups is 1. The fourth-order valence-corrected chi connectivity index (χ4v) is 12.2. The Bertz CT molecular complexity index is 3190. The van der Waals surface area contributed by atoms with E-state index in [1.807, 2.05) is 96.3 Å². The third-order valence-corrected chi connectivity index (χ3v) is 16.3. The number of nitrogens with one attached hydrogen (secondary N) is 2. The first-order chi connectivity index (χ1) is 35.0. The van der Waals surface area contributed by atoms with E-state index in [9.17, 15) is 24.3 Å². The number of thiazole rings is 1. The maximum Gasteiger partial charge on any atom is 0.355 e. The van der Waals surface area contributed by atoms with Crippen LogP contribution in [0.1, 0.15) is 101 Å². The smallest absolute Gasteiger partial charge is 0.355 e. The van der Waals surface area contributed by atoms with Crippen molar-refractivity contribution in [2.75, 3.05) is 54.4 Å². The van der Waals surface area contributed by atoms with E-state index in [1.54, 1.807) is 0 Å². The third kappa shape index (κ3) is 9.64. The van der Waals surface area contributed by atoms with Crippen LogP contribution in [0.4, 0.5) is 16.6 Å². The summed E-state index contributed by atoms with van der Waals surface area (Å²) in [6.45, 7) is 8.09. The van der Waals surface area contributed by atoms with Crippen LogP contribution in [-0.2, 0) is 29.6 Å². The summed E-state index contributed by atoms with van der Waals surface area (Å²) in [5.41, 5.74) is 8.50. The van der Waals surface area contributed by atoms with Crippen molar-refractivity contribution in [2.24, 2.45) is 13.0 Å². The van der Waals surface area contributed by atoms with Gasteiger partial charge in [0, 0.05) is 74.9 Å². The zero-order valence-electron chi connectivity index (χ0n) is 40.7. The molecule has 7 aromatic rings. The van der Waals surface area contributed by atoms with Crippen molar-refractivity contribution < 1.29 is 29.0 Å². The van der Waals surface area contributed by atoms with E-state index in [0.717, 1.165) is 113 Å². The Morgan fingerprint density at radius 2 is 1.67 bits per heavy atom. The van der Waals surface area contributed by atoms with E-state index in [2.05, 4.69) is 43.6 Å². The third-order valence-electron chi connectivity index (χ3n) is 15.4. The van der Waals surface area contributed by atoms with Gasteiger partial charge in [-0.1, -0.05) is 47.7 Å². The molecule has 3 aliphatic heterocycles. The molecule has 1 unspecified atom stereocenters. The summed E-state index contributed by atoms with van der Waals surface area (Å²) in [7, 11) is 1.92. The molecular weight excluding hydrogens is 927 g/mol. The van der Waals surface area contributed by atoms with Crippen molar-refractivity contribution in [3.63, 3.8) is 0 Å². The highest BCUT2D eigenvalue weighted by Crippen LogP contribution is 2.38. The lowest BCUT2D eigenvalue weighted by atomic mass is 9.84. The van der Waals surface area contributed by atoms with Crippen LogP contribution < -0.4 is 25.2 Å². The van der Waals surface area contributed by atoms with Gasteiger partial charge >= 0.3 is 5.97 Å². The number of anilines is 3. The summed E-state index contributed by atoms with van der Waals surface area (Å²) in [6, 6.07) is 29.6. The Balaban J connectivity index is 0.664. The average Bonchev–Trinajstić information content (AvgIpc) is 3.96. The molecule has 4 aliphatic rings. The highest BCUT2D eigenvalue weighted by atomic mass is 32.1. The molecule has 6 heterocycles. The number of carbonyl (C=O) groups is 4. The Hall–Kier alpha value is -7.17. The van der Waals surface area contributed by atoms with E-state index in [-0.39, 0.29) is 29.5 Å². The molecule has 1 saturated carbocycles. The number of piperidine rings is 1. The van der Waals surface area contributed by atoms with Crippen LogP contribution in [0, 0.1) is 12.8 Å². The van der Waals surface area contributed by atoms with Crippen molar-refractivity contribution in [2.45, 2.75) is 83.3 Å². The number of aryl methyl sites for hydroxylation is 1. The number of aromatic nitrogens is 4. The summed E-state index contributed by atoms with van der Waals surface area (Å²) in [4.78, 5) is 67.3. The first-order valence-electron chi connectivity index (χ1n) is 25.3. The maximum atomic E-state index is 13.7. The highest BCUT2D eigenvalue weighted by molar-refractivity contribution is 7.22. The van der Waals surface area contributed by atoms with Gasteiger partial charge in [-0.2, -0.15) is 5.10 Å². The minimum Gasteiger partial charge on any atom is -0.490 e. The lowest BCUT2D eigenvalue weighted by Gasteiger charge is -2.36. The number of rotatable bonds is 13. The molecule has 3 N–H and O–H groups in total. The van der Waals surface area contributed by atoms with Gasteiger partial charge in [0.1, 0.15) is 11.6 Å². The van der Waals surface area contributed by atoms with Crippen LogP contribution in [0.5, 0.6) is 5.75 Å². The number of piperazine rings is 1. The molecule has 3 aromatic heterocycles. The number of ether oxygens (including phenoxy) is 1. The monoisotopic (exact) mass is 985 g/mol. The number of fused-ring (bicyclic) bond motifs is 3. The molecule has 1 atom stereocenters. The first kappa shape index (κ1) is 47.2. The fraction of sp³-hybridized carbons (Fsp3) is 0.375. The number of amides is 3. The minimum atomic E-state index is -1.10. The van der Waals surface area contributed by atoms with E-state index in [0.29, 0.717) is 60.3 Å². The Morgan fingerprint density at radius 1 is 0.847 bits per heavy atom. The average molecular weight is 986 g/mol. The van der Waals surface area contributed by atoms with Gasteiger partial charge in [-0.05, 0) is 148 Å². The number of hydrogen-bond donors (Lipinski definition) is 3. The number of nitrogens with zero attached hydrogens (tertiary/aromatic N) is 7. The maximum absolute atomic E-state index is 13.7. The molecule has 72 heavy (non-hydrogen) atoms. The normalized spacial score (nSPS) is 19.6. The Morgan fingerprint density at radius 3 is 2.47 bits per heavy atom. The quantitative estimate of drug-likeness (QED) is 0.0937. The molecule has 0 radical (unpaired) electrons. The molecule has 0 spiro atoms. The van der Waals surface area contributed by atoms with E-state index in [1.165, 1.54) is 29.9 Å². The molecule has 3 amide bonds. The number of pyridine rings is 1. The predicted octanol–water partition coefficient (Wildman–Crippen LogP) is 9.13. The van der Waals surface area contributed by atoms with E-state index < -0.39 is 11.9 Å². The highest BCUT2D eigenvalue weighted by Gasteiger charge is 2.33. The van der Waals surface area contributed by atoms with Crippen molar-refractivity contribution in [3.8, 4) is 16.9 Å². The van der Waals surface area contributed by atoms with Crippen molar-refractivity contribution in [3.05, 3.63) is 125 Å². The second-order valence-corrected chi connectivity index (χ2v) is 20.8. The van der Waals surface area contributed by atoms with Gasteiger partial charge in [-0.15, -0.1) is 0 Å². The molecule has 0 bridgehead atoms. The van der Waals surface area contributed by atoms with Crippen LogP contribution >= 0.6 is 11.3 Å². The second-order valence-electron chi connectivity index (χ2n) is 19.8. The van der Waals surface area contributed by atoms with Crippen LogP contribution in [0.25, 0.3) is 32.2 Å². The second kappa shape index (κ2) is 20.1. The number of carboxylic acids is 1. The van der Waals surface area contributed by atoms with E-state index in [4.69, 9.17) is 14.8 Å². The Kier molecular flexibility index (Phi) is 13.2. The van der Waals surface area contributed by atoms with Crippen LogP contribution in [-0.4, -0.2) is 98.8 Å². The number of carboxylic acid groups (broad SMARTS) is 1.